The summed E-state index contributed by atoms with van der Waals surface area (Å²) in [6.45, 7) is 0. The summed E-state index contributed by atoms with van der Waals surface area (Å²) in [4.78, 5) is 1.96. The van der Waals surface area contributed by atoms with E-state index in [1.807, 2.05) is 31.1 Å². The molecule has 0 heterocycles. The van der Waals surface area contributed by atoms with Gasteiger partial charge in [0.25, 0.3) is 0 Å². The van der Waals surface area contributed by atoms with Crippen molar-refractivity contribution in [1.82, 2.24) is 0 Å². The van der Waals surface area contributed by atoms with Crippen molar-refractivity contribution in [3.05, 3.63) is 24.3 Å². The molecular weight excluding hydrogens is 165 g/mol. The van der Waals surface area contributed by atoms with Gasteiger partial charge in [-0.05, 0) is 12.1 Å². The van der Waals surface area contributed by atoms with Gasteiger partial charge in [-0.1, -0.05) is 12.1 Å². The minimum atomic E-state index is 0. The molecule has 0 N–H and O–H groups in total. The number of hydrogen-bond donors (Lipinski definition) is 0. The molecule has 0 spiro atoms. The van der Waals surface area contributed by atoms with E-state index in [9.17, 15) is 5.11 Å². The van der Waals surface area contributed by atoms with Crippen LogP contribution in [0.1, 0.15) is 0 Å². The molecule has 0 aliphatic rings. The Balaban J connectivity index is 0.000001000. The Kier molecular flexibility index (Phi) is 5.38. The van der Waals surface area contributed by atoms with Crippen LogP contribution in [-0.2, 0) is 0 Å². The Morgan fingerprint density at radius 2 is 1.55 bits per heavy atom. The topological polar surface area (TPSA) is 26.3 Å². The molecule has 54 valence electrons. The van der Waals surface area contributed by atoms with Crippen molar-refractivity contribution in [2.24, 2.45) is 0 Å². The first kappa shape index (κ1) is 11.5. The maximum absolute atomic E-state index is 10.6. The molecule has 1 aromatic carbocycles. The Morgan fingerprint density at radius 1 is 1.09 bits per heavy atom. The zero-order chi connectivity index (χ0) is 7.56. The zero-order valence-electron chi connectivity index (χ0n) is 7.16. The van der Waals surface area contributed by atoms with Crippen LogP contribution in [0.15, 0.2) is 24.3 Å². The SMILES string of the molecule is CN(C)c1ccc([O-])cc1.[K+]. The summed E-state index contributed by atoms with van der Waals surface area (Å²) in [5.74, 6) is 0.0607. The third kappa shape index (κ3) is 3.58. The molecule has 0 unspecified atom stereocenters. The number of hydrogen-bond acceptors (Lipinski definition) is 2. The predicted molar refractivity (Wildman–Crippen MR) is 40.2 cm³/mol. The smallest absolute Gasteiger partial charge is 0.872 e. The van der Waals surface area contributed by atoms with Crippen LogP contribution in [0.5, 0.6) is 5.75 Å². The maximum atomic E-state index is 10.6. The first-order valence-electron chi connectivity index (χ1n) is 3.14. The Labute approximate surface area is 110 Å². The van der Waals surface area contributed by atoms with Crippen LogP contribution in [0.25, 0.3) is 0 Å². The quantitative estimate of drug-likeness (QED) is 0.454. The van der Waals surface area contributed by atoms with Crippen LogP contribution >= 0.6 is 0 Å². The molecule has 1 rings (SSSR count). The average molecular weight is 175 g/mol. The van der Waals surface area contributed by atoms with E-state index in [1.165, 1.54) is 0 Å². The molecular formula is C8H10KNO. The first-order valence-corrected chi connectivity index (χ1v) is 3.14. The van der Waals surface area contributed by atoms with Gasteiger partial charge in [0, 0.05) is 19.8 Å². The summed E-state index contributed by atoms with van der Waals surface area (Å²) >= 11 is 0. The predicted octanol–water partition coefficient (Wildman–Crippen LogP) is -2.17. The van der Waals surface area contributed by atoms with Crippen molar-refractivity contribution in [3.63, 3.8) is 0 Å². The van der Waals surface area contributed by atoms with Gasteiger partial charge in [-0.2, -0.15) is 0 Å². The fraction of sp³-hybridized carbons (Fsp3) is 0.250. The minimum Gasteiger partial charge on any atom is -0.872 e. The standard InChI is InChI=1S/C8H11NO.K/c1-9(2)7-3-5-8(10)6-4-7;/h3-6,10H,1-2H3;/q;+1/p-1. The van der Waals surface area contributed by atoms with Gasteiger partial charge < -0.3 is 10.0 Å². The van der Waals surface area contributed by atoms with Gasteiger partial charge in [-0.3, -0.25) is 0 Å². The van der Waals surface area contributed by atoms with E-state index in [2.05, 4.69) is 0 Å². The fourth-order valence-corrected chi connectivity index (χ4v) is 0.744. The first-order chi connectivity index (χ1) is 4.70. The van der Waals surface area contributed by atoms with E-state index in [-0.39, 0.29) is 57.1 Å². The van der Waals surface area contributed by atoms with Gasteiger partial charge in [-0.25, -0.2) is 0 Å². The largest absolute Gasteiger partial charge is 1.00 e. The van der Waals surface area contributed by atoms with Crippen molar-refractivity contribution in [1.29, 1.82) is 0 Å². The molecule has 0 saturated carbocycles. The Hall–Kier alpha value is 0.456. The summed E-state index contributed by atoms with van der Waals surface area (Å²) in [5, 5.41) is 10.6. The Bertz CT molecular complexity index is 208. The fourth-order valence-electron chi connectivity index (χ4n) is 0.744. The minimum absolute atomic E-state index is 0. The molecule has 0 atom stereocenters. The van der Waals surface area contributed by atoms with E-state index in [0.29, 0.717) is 0 Å². The average Bonchev–Trinajstić information content (AvgIpc) is 1.88. The van der Waals surface area contributed by atoms with Crippen LogP contribution in [0.4, 0.5) is 5.69 Å². The van der Waals surface area contributed by atoms with Crippen molar-refractivity contribution in [2.45, 2.75) is 0 Å². The van der Waals surface area contributed by atoms with E-state index < -0.39 is 0 Å². The van der Waals surface area contributed by atoms with E-state index >= 15 is 0 Å². The van der Waals surface area contributed by atoms with Crippen molar-refractivity contribution in [2.75, 3.05) is 19.0 Å². The second-order valence-electron chi connectivity index (χ2n) is 2.39. The van der Waals surface area contributed by atoms with Crippen LogP contribution in [0.3, 0.4) is 0 Å². The number of nitrogens with zero attached hydrogens (tertiary/aromatic N) is 1. The van der Waals surface area contributed by atoms with Gasteiger partial charge in [0.05, 0.1) is 0 Å². The molecule has 11 heavy (non-hydrogen) atoms. The van der Waals surface area contributed by atoms with Gasteiger partial charge in [0.1, 0.15) is 0 Å². The number of benzene rings is 1. The van der Waals surface area contributed by atoms with Crippen LogP contribution in [0, 0.1) is 0 Å². The molecule has 0 radical (unpaired) electrons. The molecule has 1 aromatic rings. The summed E-state index contributed by atoms with van der Waals surface area (Å²) in [6.07, 6.45) is 0. The number of anilines is 1. The van der Waals surface area contributed by atoms with Crippen LogP contribution in [-0.4, -0.2) is 14.1 Å². The van der Waals surface area contributed by atoms with E-state index in [0.717, 1.165) is 5.69 Å². The molecule has 3 heteroatoms. The van der Waals surface area contributed by atoms with E-state index in [4.69, 9.17) is 0 Å². The monoisotopic (exact) mass is 175 g/mol. The molecule has 0 amide bonds. The third-order valence-electron chi connectivity index (χ3n) is 1.35. The third-order valence-corrected chi connectivity index (χ3v) is 1.35. The van der Waals surface area contributed by atoms with Gasteiger partial charge in [-0.15, -0.1) is 5.75 Å². The molecule has 0 aliphatic carbocycles. The summed E-state index contributed by atoms with van der Waals surface area (Å²) in [5.41, 5.74) is 1.06. The molecule has 0 bridgehead atoms. The molecule has 0 aliphatic heterocycles. The molecule has 2 nitrogen and oxygen atoms in total. The normalized spacial score (nSPS) is 8.55. The molecule has 0 aromatic heterocycles. The second-order valence-corrected chi connectivity index (χ2v) is 2.39. The van der Waals surface area contributed by atoms with Crippen molar-refractivity contribution >= 4 is 5.69 Å². The van der Waals surface area contributed by atoms with Crippen LogP contribution in [0.2, 0.25) is 0 Å². The van der Waals surface area contributed by atoms with Crippen LogP contribution < -0.4 is 61.4 Å². The van der Waals surface area contributed by atoms with Crippen molar-refractivity contribution < 1.29 is 56.5 Å². The van der Waals surface area contributed by atoms with Crippen molar-refractivity contribution in [3.8, 4) is 5.75 Å². The molecule has 0 saturated heterocycles. The van der Waals surface area contributed by atoms with Gasteiger partial charge >= 0.3 is 51.4 Å². The Morgan fingerprint density at radius 3 is 1.91 bits per heavy atom. The summed E-state index contributed by atoms with van der Waals surface area (Å²) in [6, 6.07) is 6.75. The maximum Gasteiger partial charge on any atom is 1.00 e. The summed E-state index contributed by atoms with van der Waals surface area (Å²) < 4.78 is 0. The van der Waals surface area contributed by atoms with Gasteiger partial charge in [0.2, 0.25) is 0 Å². The molecule has 0 fully saturated rings. The number of rotatable bonds is 1. The van der Waals surface area contributed by atoms with Gasteiger partial charge in [0.15, 0.2) is 0 Å². The second kappa shape index (κ2) is 5.16. The van der Waals surface area contributed by atoms with E-state index in [1.54, 1.807) is 12.1 Å². The zero-order valence-corrected chi connectivity index (χ0v) is 10.3. The summed E-state index contributed by atoms with van der Waals surface area (Å²) in [7, 11) is 3.89.